The van der Waals surface area contributed by atoms with Gasteiger partial charge in [-0.2, -0.15) is 0 Å². The zero-order valence-electron chi connectivity index (χ0n) is 11.0. The lowest BCUT2D eigenvalue weighted by molar-refractivity contribution is -0.148. The van der Waals surface area contributed by atoms with Crippen molar-refractivity contribution >= 4 is 11.9 Å². The van der Waals surface area contributed by atoms with Gasteiger partial charge >= 0.3 is 5.97 Å². The topological polar surface area (TPSA) is 66.4 Å². The zero-order chi connectivity index (χ0) is 13.3. The Labute approximate surface area is 107 Å². The molecule has 2 N–H and O–H groups in total. The van der Waals surface area contributed by atoms with Gasteiger partial charge in [-0.05, 0) is 38.0 Å². The first-order valence-corrected chi connectivity index (χ1v) is 6.65. The van der Waals surface area contributed by atoms with Crippen LogP contribution in [0.25, 0.3) is 0 Å². The van der Waals surface area contributed by atoms with Crippen molar-refractivity contribution in [1.82, 2.24) is 5.32 Å². The molecule has 4 atom stereocenters. The van der Waals surface area contributed by atoms with Crippen LogP contribution in [0.15, 0.2) is 12.2 Å². The molecule has 100 valence electrons. The lowest BCUT2D eigenvalue weighted by Gasteiger charge is -2.25. The molecule has 2 aliphatic rings. The van der Waals surface area contributed by atoms with E-state index in [0.29, 0.717) is 18.3 Å². The average Bonchev–Trinajstić information content (AvgIpc) is 2.97. The second-order valence-electron chi connectivity index (χ2n) is 5.82. The Balaban J connectivity index is 1.89. The number of hydrogen-bond acceptors (Lipinski definition) is 2. The van der Waals surface area contributed by atoms with E-state index in [0.717, 1.165) is 12.8 Å². The minimum atomic E-state index is -0.858. The molecule has 0 spiro atoms. The quantitative estimate of drug-likeness (QED) is 0.732. The second kappa shape index (κ2) is 4.75. The van der Waals surface area contributed by atoms with Crippen LogP contribution in [0.5, 0.6) is 0 Å². The summed E-state index contributed by atoms with van der Waals surface area (Å²) in [6.07, 6.45) is 6.85. The molecule has 4 heteroatoms. The van der Waals surface area contributed by atoms with E-state index in [1.165, 1.54) is 0 Å². The van der Waals surface area contributed by atoms with Gasteiger partial charge in [-0.3, -0.25) is 9.59 Å². The van der Waals surface area contributed by atoms with Crippen LogP contribution in [0, 0.1) is 23.2 Å². The smallest absolute Gasteiger partial charge is 0.311 e. The molecule has 4 unspecified atom stereocenters. The van der Waals surface area contributed by atoms with Gasteiger partial charge in [0.05, 0.1) is 5.41 Å². The number of fused-ring (bicyclic) bond motifs is 2. The number of aliphatic carboxylic acids is 1. The highest BCUT2D eigenvalue weighted by atomic mass is 16.4. The van der Waals surface area contributed by atoms with Crippen molar-refractivity contribution < 1.29 is 14.7 Å². The minimum absolute atomic E-state index is 0.0211. The largest absolute Gasteiger partial charge is 0.481 e. The van der Waals surface area contributed by atoms with E-state index < -0.39 is 11.4 Å². The monoisotopic (exact) mass is 251 g/mol. The van der Waals surface area contributed by atoms with E-state index in [1.807, 2.05) is 6.92 Å². The molecular weight excluding hydrogens is 230 g/mol. The van der Waals surface area contributed by atoms with Gasteiger partial charge in [-0.25, -0.2) is 0 Å². The van der Waals surface area contributed by atoms with Gasteiger partial charge < -0.3 is 10.4 Å². The van der Waals surface area contributed by atoms with Crippen molar-refractivity contribution in [2.24, 2.45) is 23.2 Å². The summed E-state index contributed by atoms with van der Waals surface area (Å²) in [7, 11) is 0. The number of carboxylic acids is 1. The summed E-state index contributed by atoms with van der Waals surface area (Å²) in [5, 5.41) is 12.0. The number of allylic oxidation sites excluding steroid dienone is 2. The van der Waals surface area contributed by atoms with Gasteiger partial charge in [0.25, 0.3) is 0 Å². The van der Waals surface area contributed by atoms with E-state index in [2.05, 4.69) is 17.5 Å². The molecule has 1 amide bonds. The maximum Gasteiger partial charge on any atom is 0.311 e. The Kier molecular flexibility index (Phi) is 3.46. The van der Waals surface area contributed by atoms with Gasteiger partial charge in [0, 0.05) is 12.5 Å². The summed E-state index contributed by atoms with van der Waals surface area (Å²) >= 11 is 0. The maximum absolute atomic E-state index is 12.1. The van der Waals surface area contributed by atoms with Crippen LogP contribution in [-0.4, -0.2) is 23.5 Å². The number of rotatable bonds is 5. The Hall–Kier alpha value is -1.32. The highest BCUT2D eigenvalue weighted by Gasteiger charge is 2.40. The Bertz CT molecular complexity index is 391. The highest BCUT2D eigenvalue weighted by Crippen LogP contribution is 2.43. The first-order valence-electron chi connectivity index (χ1n) is 6.65. The molecule has 0 aromatic heterocycles. The molecule has 1 fully saturated rings. The minimum Gasteiger partial charge on any atom is -0.481 e. The third-order valence-electron chi connectivity index (χ3n) is 4.57. The third kappa shape index (κ3) is 2.28. The molecule has 0 saturated heterocycles. The van der Waals surface area contributed by atoms with Crippen molar-refractivity contribution in [3.05, 3.63) is 12.2 Å². The molecular formula is C14H21NO3. The first-order chi connectivity index (χ1) is 8.46. The van der Waals surface area contributed by atoms with E-state index in [-0.39, 0.29) is 18.4 Å². The molecule has 2 rings (SSSR count). The van der Waals surface area contributed by atoms with Crippen LogP contribution < -0.4 is 5.32 Å². The van der Waals surface area contributed by atoms with Crippen LogP contribution >= 0.6 is 0 Å². The number of nitrogens with one attached hydrogen (secondary N) is 1. The van der Waals surface area contributed by atoms with Crippen LogP contribution in [0.2, 0.25) is 0 Å². The lowest BCUT2D eigenvalue weighted by atomic mass is 9.87. The van der Waals surface area contributed by atoms with Crippen molar-refractivity contribution in [1.29, 1.82) is 0 Å². The predicted octanol–water partition coefficient (Wildman–Crippen LogP) is 1.82. The summed E-state index contributed by atoms with van der Waals surface area (Å²) in [4.78, 5) is 23.2. The Morgan fingerprint density at radius 3 is 2.56 bits per heavy atom. The SMILES string of the molecule is CCC(C)(CNC(=O)C1CC2C=CC1C2)C(=O)O. The summed E-state index contributed by atoms with van der Waals surface area (Å²) in [5.41, 5.74) is -0.858. The Morgan fingerprint density at radius 1 is 1.39 bits per heavy atom. The fraction of sp³-hybridized carbons (Fsp3) is 0.714. The second-order valence-corrected chi connectivity index (χ2v) is 5.82. The van der Waals surface area contributed by atoms with Crippen LogP contribution in [-0.2, 0) is 9.59 Å². The van der Waals surface area contributed by atoms with Gasteiger partial charge in [0.15, 0.2) is 0 Å². The van der Waals surface area contributed by atoms with E-state index >= 15 is 0 Å². The van der Waals surface area contributed by atoms with E-state index in [4.69, 9.17) is 5.11 Å². The number of carboxylic acid groups (broad SMARTS) is 1. The van der Waals surface area contributed by atoms with Crippen molar-refractivity contribution in [2.45, 2.75) is 33.1 Å². The molecule has 0 aromatic carbocycles. The van der Waals surface area contributed by atoms with Crippen LogP contribution in [0.4, 0.5) is 0 Å². The van der Waals surface area contributed by atoms with Crippen molar-refractivity contribution in [3.8, 4) is 0 Å². The lowest BCUT2D eigenvalue weighted by Crippen LogP contribution is -2.43. The van der Waals surface area contributed by atoms with Gasteiger partial charge in [0.1, 0.15) is 0 Å². The molecule has 0 radical (unpaired) electrons. The molecule has 2 bridgehead atoms. The number of hydrogen-bond donors (Lipinski definition) is 2. The molecule has 4 nitrogen and oxygen atoms in total. The van der Waals surface area contributed by atoms with Crippen LogP contribution in [0.1, 0.15) is 33.1 Å². The van der Waals surface area contributed by atoms with Gasteiger partial charge in [0.2, 0.25) is 5.91 Å². The summed E-state index contributed by atoms with van der Waals surface area (Å²) in [5.74, 6) is 0.149. The van der Waals surface area contributed by atoms with Crippen LogP contribution in [0.3, 0.4) is 0 Å². The number of carbonyl (C=O) groups is 2. The molecule has 0 aliphatic heterocycles. The van der Waals surface area contributed by atoms with E-state index in [9.17, 15) is 9.59 Å². The predicted molar refractivity (Wildman–Crippen MR) is 67.9 cm³/mol. The Morgan fingerprint density at radius 2 is 2.11 bits per heavy atom. The van der Waals surface area contributed by atoms with E-state index in [1.54, 1.807) is 6.92 Å². The zero-order valence-corrected chi connectivity index (χ0v) is 11.0. The fourth-order valence-electron chi connectivity index (χ4n) is 2.85. The molecule has 0 heterocycles. The maximum atomic E-state index is 12.1. The fourth-order valence-corrected chi connectivity index (χ4v) is 2.85. The summed E-state index contributed by atoms with van der Waals surface area (Å²) in [6.45, 7) is 3.73. The normalized spacial score (nSPS) is 32.2. The first kappa shape index (κ1) is 13.1. The average molecular weight is 251 g/mol. The molecule has 1 saturated carbocycles. The van der Waals surface area contributed by atoms with Gasteiger partial charge in [-0.15, -0.1) is 0 Å². The molecule has 2 aliphatic carbocycles. The molecule has 18 heavy (non-hydrogen) atoms. The molecule has 0 aromatic rings. The number of carbonyl (C=O) groups excluding carboxylic acids is 1. The van der Waals surface area contributed by atoms with Crippen molar-refractivity contribution in [3.63, 3.8) is 0 Å². The summed E-state index contributed by atoms with van der Waals surface area (Å²) < 4.78 is 0. The highest BCUT2D eigenvalue weighted by molar-refractivity contribution is 5.81. The van der Waals surface area contributed by atoms with Crippen molar-refractivity contribution in [2.75, 3.05) is 6.54 Å². The van der Waals surface area contributed by atoms with Gasteiger partial charge in [-0.1, -0.05) is 19.1 Å². The number of amides is 1. The third-order valence-corrected chi connectivity index (χ3v) is 4.57. The standard InChI is InChI=1S/C14H21NO3/c1-3-14(2,13(17)18)8-15-12(16)11-7-9-4-5-10(11)6-9/h4-5,9-11H,3,6-8H2,1-2H3,(H,15,16)(H,17,18). The summed E-state index contributed by atoms with van der Waals surface area (Å²) in [6, 6.07) is 0.